The van der Waals surface area contributed by atoms with Gasteiger partial charge < -0.3 is 10.2 Å². The van der Waals surface area contributed by atoms with Crippen LogP contribution in [-0.2, 0) is 4.79 Å². The van der Waals surface area contributed by atoms with Crippen LogP contribution in [0.2, 0.25) is 0 Å². The van der Waals surface area contributed by atoms with Crippen LogP contribution >= 0.6 is 0 Å². The van der Waals surface area contributed by atoms with Gasteiger partial charge in [0.25, 0.3) is 0 Å². The lowest BCUT2D eigenvalue weighted by Crippen LogP contribution is -2.55. The van der Waals surface area contributed by atoms with E-state index in [1.165, 1.54) is 0 Å². The van der Waals surface area contributed by atoms with E-state index in [9.17, 15) is 15.0 Å². The maximum Gasteiger partial charge on any atom is 0.202 e. The number of fused-ring (bicyclic) bond motifs is 3. The molecule has 23 heavy (non-hydrogen) atoms. The summed E-state index contributed by atoms with van der Waals surface area (Å²) in [4.78, 5) is 12.4. The highest BCUT2D eigenvalue weighted by Gasteiger charge is 2.58. The van der Waals surface area contributed by atoms with E-state index >= 15 is 0 Å². The summed E-state index contributed by atoms with van der Waals surface area (Å²) in [6.07, 6.45) is 7.81. The minimum absolute atomic E-state index is 0.110. The first kappa shape index (κ1) is 16.5. The highest BCUT2D eigenvalue weighted by atomic mass is 16.3. The van der Waals surface area contributed by atoms with Crippen LogP contribution in [0.5, 0.6) is 0 Å². The Morgan fingerprint density at radius 2 is 1.96 bits per heavy atom. The van der Waals surface area contributed by atoms with E-state index in [2.05, 4.69) is 26.5 Å². The Labute approximate surface area is 138 Å². The van der Waals surface area contributed by atoms with Crippen LogP contribution in [0.15, 0.2) is 36.1 Å². The normalized spacial score (nSPS) is 45.4. The fourth-order valence-corrected chi connectivity index (χ4v) is 5.34. The van der Waals surface area contributed by atoms with Crippen molar-refractivity contribution in [2.24, 2.45) is 28.1 Å². The average Bonchev–Trinajstić information content (AvgIpc) is 2.49. The first-order valence-corrected chi connectivity index (χ1v) is 8.56. The molecule has 0 radical (unpaired) electrons. The molecule has 0 aromatic rings. The fraction of sp³-hybridized carbons (Fsp3) is 0.650. The summed E-state index contributed by atoms with van der Waals surface area (Å²) >= 11 is 0. The summed E-state index contributed by atoms with van der Waals surface area (Å²) in [5, 5.41) is 21.1. The van der Waals surface area contributed by atoms with Crippen LogP contribution in [-0.4, -0.2) is 22.1 Å². The maximum atomic E-state index is 12.4. The first-order valence-electron chi connectivity index (χ1n) is 8.56. The van der Waals surface area contributed by atoms with E-state index in [4.69, 9.17) is 0 Å². The van der Waals surface area contributed by atoms with Crippen LogP contribution in [0.1, 0.15) is 47.0 Å². The largest absolute Gasteiger partial charge is 0.505 e. The maximum absolute atomic E-state index is 12.4. The van der Waals surface area contributed by atoms with Crippen molar-refractivity contribution in [1.82, 2.24) is 0 Å². The Hall–Kier alpha value is -1.35. The van der Waals surface area contributed by atoms with Gasteiger partial charge in [-0.15, -0.1) is 6.58 Å². The van der Waals surface area contributed by atoms with Crippen LogP contribution in [0.4, 0.5) is 0 Å². The third kappa shape index (κ3) is 2.02. The van der Waals surface area contributed by atoms with E-state index in [0.29, 0.717) is 0 Å². The van der Waals surface area contributed by atoms with Crippen molar-refractivity contribution < 1.29 is 15.0 Å². The molecule has 3 rings (SSSR count). The molecule has 0 bridgehead atoms. The number of hydrogen-bond donors (Lipinski definition) is 2. The van der Waals surface area contributed by atoms with E-state index < -0.39 is 11.5 Å². The number of rotatable bonds is 1. The molecule has 0 saturated heterocycles. The Bertz CT molecular complexity index is 627. The van der Waals surface area contributed by atoms with Crippen molar-refractivity contribution in [3.8, 4) is 0 Å². The highest BCUT2D eigenvalue weighted by molar-refractivity contribution is 5.98. The summed E-state index contributed by atoms with van der Waals surface area (Å²) in [6.45, 7) is 12.0. The van der Waals surface area contributed by atoms with Crippen molar-refractivity contribution in [2.75, 3.05) is 0 Å². The molecule has 0 heterocycles. The monoisotopic (exact) mass is 316 g/mol. The molecule has 2 N–H and O–H groups in total. The Morgan fingerprint density at radius 1 is 1.30 bits per heavy atom. The summed E-state index contributed by atoms with van der Waals surface area (Å²) in [7, 11) is 0. The van der Waals surface area contributed by atoms with E-state index in [0.717, 1.165) is 24.8 Å². The average molecular weight is 316 g/mol. The van der Waals surface area contributed by atoms with Gasteiger partial charge in [-0.05, 0) is 42.7 Å². The lowest BCUT2D eigenvalue weighted by atomic mass is 9.47. The number of ketones is 1. The second-order valence-corrected chi connectivity index (χ2v) is 8.64. The minimum Gasteiger partial charge on any atom is -0.505 e. The molecular weight excluding hydrogens is 288 g/mol. The predicted octanol–water partition coefficient (Wildman–Crippen LogP) is 3.95. The zero-order valence-electron chi connectivity index (χ0n) is 14.6. The van der Waals surface area contributed by atoms with Gasteiger partial charge in [-0.2, -0.15) is 0 Å². The number of aliphatic hydroxyl groups is 2. The van der Waals surface area contributed by atoms with Gasteiger partial charge in [-0.1, -0.05) is 39.8 Å². The molecule has 0 aromatic heterocycles. The molecule has 1 fully saturated rings. The van der Waals surface area contributed by atoms with Gasteiger partial charge in [0, 0.05) is 16.2 Å². The van der Waals surface area contributed by atoms with Crippen LogP contribution < -0.4 is 0 Å². The van der Waals surface area contributed by atoms with Gasteiger partial charge in [0.05, 0.1) is 6.10 Å². The van der Waals surface area contributed by atoms with Crippen molar-refractivity contribution in [3.63, 3.8) is 0 Å². The molecule has 5 atom stereocenters. The molecule has 0 aliphatic heterocycles. The molecule has 126 valence electrons. The van der Waals surface area contributed by atoms with Gasteiger partial charge in [-0.25, -0.2) is 0 Å². The zero-order chi connectivity index (χ0) is 17.2. The molecule has 3 nitrogen and oxygen atoms in total. The summed E-state index contributed by atoms with van der Waals surface area (Å²) in [6, 6.07) is 0. The molecule has 3 heteroatoms. The lowest BCUT2D eigenvalue weighted by Gasteiger charge is -2.57. The van der Waals surface area contributed by atoms with E-state index in [1.807, 2.05) is 19.9 Å². The Kier molecular flexibility index (Phi) is 3.46. The van der Waals surface area contributed by atoms with Gasteiger partial charge in [0.2, 0.25) is 5.78 Å². The number of hydrogen-bond acceptors (Lipinski definition) is 3. The number of Topliss-reactive ketones (excluding diaryl/α,β-unsaturated/α-hetero) is 1. The molecule has 0 spiro atoms. The predicted molar refractivity (Wildman–Crippen MR) is 90.8 cm³/mol. The standard InChI is InChI=1S/C20H28O3/c1-6-19(4)10-9-13-12(16(19)22)7-8-15-18(2,3)17(23)14(21)11-20(13,15)5/h6-7,11,13,15-16,21-22H,1,8-10H2,2-5H3/t13?,15?,16-,19+,20-/m1/s1. The Morgan fingerprint density at radius 3 is 2.57 bits per heavy atom. The smallest absolute Gasteiger partial charge is 0.202 e. The first-order chi connectivity index (χ1) is 10.6. The van der Waals surface area contributed by atoms with Crippen LogP contribution in [0.25, 0.3) is 0 Å². The molecule has 0 amide bonds. The zero-order valence-corrected chi connectivity index (χ0v) is 14.6. The van der Waals surface area contributed by atoms with Gasteiger partial charge >= 0.3 is 0 Å². The third-order valence-corrected chi connectivity index (χ3v) is 7.01. The van der Waals surface area contributed by atoms with Gasteiger partial charge in [0.15, 0.2) is 5.76 Å². The van der Waals surface area contributed by atoms with Crippen molar-refractivity contribution in [1.29, 1.82) is 0 Å². The lowest BCUT2D eigenvalue weighted by molar-refractivity contribution is -0.135. The quantitative estimate of drug-likeness (QED) is 0.720. The van der Waals surface area contributed by atoms with Gasteiger partial charge in [-0.3, -0.25) is 4.79 Å². The molecule has 1 saturated carbocycles. The summed E-state index contributed by atoms with van der Waals surface area (Å²) in [5.41, 5.74) is -0.113. The second kappa shape index (κ2) is 4.83. The summed E-state index contributed by atoms with van der Waals surface area (Å²) in [5.74, 6) is 0.0388. The fourth-order valence-electron chi connectivity index (χ4n) is 5.34. The molecule has 0 aromatic carbocycles. The van der Waals surface area contributed by atoms with Crippen molar-refractivity contribution in [2.45, 2.75) is 53.1 Å². The summed E-state index contributed by atoms with van der Waals surface area (Å²) < 4.78 is 0. The van der Waals surface area contributed by atoms with Crippen LogP contribution in [0.3, 0.4) is 0 Å². The molecule has 2 unspecified atom stereocenters. The molecular formula is C20H28O3. The van der Waals surface area contributed by atoms with Crippen LogP contribution in [0, 0.1) is 28.1 Å². The minimum atomic E-state index is -0.584. The third-order valence-electron chi connectivity index (χ3n) is 7.01. The highest BCUT2D eigenvalue weighted by Crippen LogP contribution is 2.61. The van der Waals surface area contributed by atoms with E-state index in [1.54, 1.807) is 6.08 Å². The SMILES string of the molecule is C=C[C@@]1(C)CCC2C(=CCC3C(C)(C)C(=O)C(O)=C[C@]23C)[C@H]1O. The number of carbonyl (C=O) groups is 1. The number of aliphatic hydroxyl groups excluding tert-OH is 2. The second-order valence-electron chi connectivity index (χ2n) is 8.64. The molecule has 3 aliphatic carbocycles. The number of carbonyl (C=O) groups excluding carboxylic acids is 1. The number of allylic oxidation sites excluding steroid dienone is 3. The van der Waals surface area contributed by atoms with Gasteiger partial charge in [0.1, 0.15) is 0 Å². The van der Waals surface area contributed by atoms with Crippen molar-refractivity contribution >= 4 is 5.78 Å². The van der Waals surface area contributed by atoms with Crippen molar-refractivity contribution in [3.05, 3.63) is 36.1 Å². The topological polar surface area (TPSA) is 57.5 Å². The van der Waals surface area contributed by atoms with E-state index in [-0.39, 0.29) is 34.2 Å². The molecule has 3 aliphatic rings. The Balaban J connectivity index is 2.10.